The zero-order valence-electron chi connectivity index (χ0n) is 13.2. The van der Waals surface area contributed by atoms with Crippen molar-refractivity contribution < 1.29 is 23.1 Å². The van der Waals surface area contributed by atoms with Crippen LogP contribution in [0.5, 0.6) is 0 Å². The zero-order chi connectivity index (χ0) is 17.1. The van der Waals surface area contributed by atoms with Gasteiger partial charge in [-0.25, -0.2) is 0 Å². The Kier molecular flexibility index (Phi) is 5.34. The summed E-state index contributed by atoms with van der Waals surface area (Å²) in [6.45, 7) is 0.411. The van der Waals surface area contributed by atoms with E-state index in [0.717, 1.165) is 37.8 Å². The Labute approximate surface area is 134 Å². The highest BCUT2D eigenvalue weighted by Gasteiger charge is 2.32. The van der Waals surface area contributed by atoms with Gasteiger partial charge in [-0.2, -0.15) is 13.2 Å². The number of halogens is 3. The van der Waals surface area contributed by atoms with Gasteiger partial charge in [0.15, 0.2) is 0 Å². The quantitative estimate of drug-likeness (QED) is 0.899. The van der Waals surface area contributed by atoms with Gasteiger partial charge in [-0.1, -0.05) is 31.0 Å². The van der Waals surface area contributed by atoms with Crippen LogP contribution in [0.2, 0.25) is 0 Å². The third-order valence-electron chi connectivity index (χ3n) is 4.48. The van der Waals surface area contributed by atoms with Crippen LogP contribution in [0.1, 0.15) is 43.2 Å². The lowest BCUT2D eigenvalue weighted by Crippen LogP contribution is -2.35. The minimum absolute atomic E-state index is 0.0706. The Morgan fingerprint density at radius 1 is 1.30 bits per heavy atom. The summed E-state index contributed by atoms with van der Waals surface area (Å²) in [5.74, 6) is -0.245. The molecule has 1 aromatic carbocycles. The molecule has 0 radical (unpaired) electrons. The number of carbonyl (C=O) groups excluding carboxylic acids is 1. The fourth-order valence-corrected chi connectivity index (χ4v) is 2.95. The van der Waals surface area contributed by atoms with Gasteiger partial charge in [-0.15, -0.1) is 0 Å². The zero-order valence-corrected chi connectivity index (χ0v) is 13.2. The van der Waals surface area contributed by atoms with Crippen molar-refractivity contribution in [2.24, 2.45) is 0 Å². The molecule has 1 N–H and O–H groups in total. The molecule has 128 valence electrons. The Balaban J connectivity index is 1.90. The lowest BCUT2D eigenvalue weighted by Gasteiger charge is -2.26. The van der Waals surface area contributed by atoms with Gasteiger partial charge in [0, 0.05) is 13.6 Å². The van der Waals surface area contributed by atoms with Gasteiger partial charge in [-0.3, -0.25) is 4.79 Å². The first-order valence-corrected chi connectivity index (χ1v) is 7.82. The average molecular weight is 329 g/mol. The van der Waals surface area contributed by atoms with Crippen molar-refractivity contribution in [3.05, 3.63) is 35.4 Å². The van der Waals surface area contributed by atoms with Crippen molar-refractivity contribution in [3.8, 4) is 0 Å². The molecule has 0 spiro atoms. The number of hydrogen-bond donors (Lipinski definition) is 1. The normalized spacial score (nSPS) is 17.3. The number of aliphatic hydroxyl groups is 1. The van der Waals surface area contributed by atoms with Crippen LogP contribution in [0.15, 0.2) is 24.3 Å². The molecule has 1 saturated carbocycles. The summed E-state index contributed by atoms with van der Waals surface area (Å²) in [7, 11) is 1.62. The molecule has 0 atom stereocenters. The smallest absolute Gasteiger partial charge is 0.390 e. The fourth-order valence-electron chi connectivity index (χ4n) is 2.95. The van der Waals surface area contributed by atoms with Crippen molar-refractivity contribution in [1.29, 1.82) is 0 Å². The highest BCUT2D eigenvalue weighted by molar-refractivity contribution is 5.78. The molecule has 0 unspecified atom stereocenters. The van der Waals surface area contributed by atoms with Crippen molar-refractivity contribution in [2.45, 2.75) is 50.3 Å². The van der Waals surface area contributed by atoms with Gasteiger partial charge < -0.3 is 10.0 Å². The van der Waals surface area contributed by atoms with E-state index in [1.54, 1.807) is 7.05 Å². The van der Waals surface area contributed by atoms with Gasteiger partial charge >= 0.3 is 6.18 Å². The van der Waals surface area contributed by atoms with E-state index in [4.69, 9.17) is 0 Å². The number of amides is 1. The lowest BCUT2D eigenvalue weighted by molar-refractivity contribution is -0.138. The summed E-state index contributed by atoms with van der Waals surface area (Å²) in [6.07, 6.45) is -0.463. The predicted molar refractivity (Wildman–Crippen MR) is 80.8 cm³/mol. The number of nitrogens with zero attached hydrogens (tertiary/aromatic N) is 1. The summed E-state index contributed by atoms with van der Waals surface area (Å²) in [5.41, 5.74) is -1.09. The van der Waals surface area contributed by atoms with Crippen LogP contribution in [-0.2, 0) is 17.4 Å². The van der Waals surface area contributed by atoms with E-state index >= 15 is 0 Å². The predicted octanol–water partition coefficient (Wildman–Crippen LogP) is 3.40. The second-order valence-corrected chi connectivity index (χ2v) is 6.37. The number of hydrogen-bond acceptors (Lipinski definition) is 2. The van der Waals surface area contributed by atoms with Crippen molar-refractivity contribution in [3.63, 3.8) is 0 Å². The van der Waals surface area contributed by atoms with Gasteiger partial charge in [0.05, 0.1) is 17.6 Å². The van der Waals surface area contributed by atoms with E-state index in [1.807, 2.05) is 0 Å². The molecule has 1 aromatic rings. The maximum Gasteiger partial charge on any atom is 0.416 e. The Morgan fingerprint density at radius 2 is 1.96 bits per heavy atom. The first kappa shape index (κ1) is 17.8. The summed E-state index contributed by atoms with van der Waals surface area (Å²) < 4.78 is 38.0. The molecule has 1 amide bonds. The number of benzene rings is 1. The Bertz CT molecular complexity index is 551. The molecule has 2 rings (SSSR count). The van der Waals surface area contributed by atoms with Gasteiger partial charge in [-0.05, 0) is 30.9 Å². The van der Waals surface area contributed by atoms with Gasteiger partial charge in [0.1, 0.15) is 0 Å². The summed E-state index contributed by atoms with van der Waals surface area (Å²) in [5, 5.41) is 10.3. The second kappa shape index (κ2) is 6.91. The van der Waals surface area contributed by atoms with Gasteiger partial charge in [0.2, 0.25) is 5.91 Å². The van der Waals surface area contributed by atoms with E-state index < -0.39 is 17.3 Å². The van der Waals surface area contributed by atoms with E-state index in [9.17, 15) is 23.1 Å². The van der Waals surface area contributed by atoms with Crippen LogP contribution in [0, 0.1) is 0 Å². The van der Waals surface area contributed by atoms with Crippen molar-refractivity contribution >= 4 is 5.91 Å². The first-order chi connectivity index (χ1) is 10.7. The van der Waals surface area contributed by atoms with E-state index in [2.05, 4.69) is 0 Å². The topological polar surface area (TPSA) is 40.5 Å². The minimum atomic E-state index is -4.41. The van der Waals surface area contributed by atoms with E-state index in [-0.39, 0.29) is 12.3 Å². The molecule has 3 nitrogen and oxygen atoms in total. The molecular formula is C17H22F3NO2. The highest BCUT2D eigenvalue weighted by atomic mass is 19.4. The SMILES string of the molecule is CN(CCC1(O)CCCC1)C(=O)Cc1cccc(C(F)(F)F)c1. The minimum Gasteiger partial charge on any atom is -0.390 e. The number of alkyl halides is 3. The molecule has 1 aliphatic carbocycles. The first-order valence-electron chi connectivity index (χ1n) is 7.82. The van der Waals surface area contributed by atoms with Crippen LogP contribution in [-0.4, -0.2) is 35.1 Å². The van der Waals surface area contributed by atoms with Crippen LogP contribution < -0.4 is 0 Å². The highest BCUT2D eigenvalue weighted by Crippen LogP contribution is 2.32. The molecule has 1 aliphatic rings. The van der Waals surface area contributed by atoms with Crippen LogP contribution >= 0.6 is 0 Å². The molecule has 0 aromatic heterocycles. The van der Waals surface area contributed by atoms with Crippen LogP contribution in [0.25, 0.3) is 0 Å². The monoisotopic (exact) mass is 329 g/mol. The lowest BCUT2D eigenvalue weighted by atomic mass is 9.98. The molecule has 0 aliphatic heterocycles. The molecule has 0 saturated heterocycles. The van der Waals surface area contributed by atoms with Gasteiger partial charge in [0.25, 0.3) is 0 Å². The molecule has 6 heteroatoms. The Hall–Kier alpha value is -1.56. The summed E-state index contributed by atoms with van der Waals surface area (Å²) in [6, 6.07) is 4.84. The van der Waals surface area contributed by atoms with E-state index in [1.165, 1.54) is 17.0 Å². The van der Waals surface area contributed by atoms with Crippen LogP contribution in [0.4, 0.5) is 13.2 Å². The summed E-state index contributed by atoms with van der Waals surface area (Å²) in [4.78, 5) is 13.6. The second-order valence-electron chi connectivity index (χ2n) is 6.37. The van der Waals surface area contributed by atoms with E-state index in [0.29, 0.717) is 18.5 Å². The number of carbonyl (C=O) groups is 1. The molecule has 0 bridgehead atoms. The maximum atomic E-state index is 12.7. The van der Waals surface area contributed by atoms with Crippen molar-refractivity contribution in [1.82, 2.24) is 4.90 Å². The number of likely N-dealkylation sites (N-methyl/N-ethyl adjacent to an activating group) is 1. The molecular weight excluding hydrogens is 307 g/mol. The third-order valence-corrected chi connectivity index (χ3v) is 4.48. The largest absolute Gasteiger partial charge is 0.416 e. The molecule has 23 heavy (non-hydrogen) atoms. The van der Waals surface area contributed by atoms with Crippen molar-refractivity contribution in [2.75, 3.05) is 13.6 Å². The number of rotatable bonds is 5. The maximum absolute atomic E-state index is 12.7. The average Bonchev–Trinajstić information content (AvgIpc) is 2.91. The summed E-state index contributed by atoms with van der Waals surface area (Å²) >= 11 is 0. The standard InChI is InChI=1S/C17H22F3NO2/c1-21(10-9-16(23)7-2-3-8-16)15(22)12-13-5-4-6-14(11-13)17(18,19)20/h4-6,11,23H,2-3,7-10,12H2,1H3. The van der Waals surface area contributed by atoms with Crippen LogP contribution in [0.3, 0.4) is 0 Å². The fraction of sp³-hybridized carbons (Fsp3) is 0.588. The molecule has 1 fully saturated rings. The molecule has 0 heterocycles. The Morgan fingerprint density at radius 3 is 2.57 bits per heavy atom. The third kappa shape index (κ3) is 4.96.